The Morgan fingerprint density at radius 2 is 2.30 bits per heavy atom. The Morgan fingerprint density at radius 1 is 1.50 bits per heavy atom. The summed E-state index contributed by atoms with van der Waals surface area (Å²) in [5.41, 5.74) is 0. The maximum atomic E-state index is 11.9. The van der Waals surface area contributed by atoms with Crippen LogP contribution in [-0.4, -0.2) is 32.5 Å². The van der Waals surface area contributed by atoms with Gasteiger partial charge in [-0.15, -0.1) is 12.4 Å². The molecular weight excluding hydrogens is 157 g/mol. The van der Waals surface area contributed by atoms with E-state index in [4.69, 9.17) is 4.74 Å². The topological polar surface area (TPSA) is 21.3 Å². The molecule has 2 nitrogen and oxygen atoms in total. The van der Waals surface area contributed by atoms with Crippen molar-refractivity contribution in [1.29, 1.82) is 0 Å². The number of nitrogens with one attached hydrogen (secondary N) is 1. The van der Waals surface area contributed by atoms with E-state index in [1.807, 2.05) is 0 Å². The van der Waals surface area contributed by atoms with Gasteiger partial charge >= 0.3 is 0 Å². The Bertz CT molecular complexity index is 76.1. The first-order valence-electron chi connectivity index (χ1n) is 3.32. The van der Waals surface area contributed by atoms with Crippen LogP contribution in [0.1, 0.15) is 6.42 Å². The molecule has 0 aromatic carbocycles. The molecule has 0 radical (unpaired) electrons. The van der Waals surface area contributed by atoms with Crippen LogP contribution < -0.4 is 5.32 Å². The first-order chi connectivity index (χ1) is 4.43. The number of hydrogen-bond acceptors (Lipinski definition) is 2. The minimum Gasteiger partial charge on any atom is -0.374 e. The van der Waals surface area contributed by atoms with Gasteiger partial charge in [-0.05, 0) is 13.0 Å². The molecule has 0 aromatic heterocycles. The predicted octanol–water partition coefficient (Wildman–Crippen LogP) is 0.756. The van der Waals surface area contributed by atoms with Crippen LogP contribution in [-0.2, 0) is 4.74 Å². The number of alkyl halides is 1. The highest BCUT2D eigenvalue weighted by Crippen LogP contribution is 2.00. The van der Waals surface area contributed by atoms with E-state index in [0.717, 1.165) is 19.5 Å². The summed E-state index contributed by atoms with van der Waals surface area (Å²) < 4.78 is 17.0. The highest BCUT2D eigenvalue weighted by Gasteiger charge is 2.10. The zero-order valence-corrected chi connectivity index (χ0v) is 6.62. The lowest BCUT2D eigenvalue weighted by Gasteiger charge is -2.07. The van der Waals surface area contributed by atoms with E-state index in [9.17, 15) is 4.39 Å². The van der Waals surface area contributed by atoms with E-state index in [1.165, 1.54) is 0 Å². The molecule has 4 heteroatoms. The Labute approximate surface area is 66.5 Å². The average molecular weight is 170 g/mol. The van der Waals surface area contributed by atoms with Gasteiger partial charge in [-0.2, -0.15) is 0 Å². The molecule has 1 heterocycles. The molecule has 1 aliphatic heterocycles. The second-order valence-electron chi connectivity index (χ2n) is 2.19. The van der Waals surface area contributed by atoms with Gasteiger partial charge in [-0.1, -0.05) is 0 Å². The van der Waals surface area contributed by atoms with E-state index in [2.05, 4.69) is 5.32 Å². The van der Waals surface area contributed by atoms with Gasteiger partial charge in [0.1, 0.15) is 6.67 Å². The monoisotopic (exact) mass is 169 g/mol. The molecule has 1 rings (SSSR count). The molecule has 1 N–H and O–H groups in total. The van der Waals surface area contributed by atoms with Crippen molar-refractivity contribution >= 4 is 12.4 Å². The van der Waals surface area contributed by atoms with E-state index in [1.54, 1.807) is 0 Å². The number of ether oxygens (including phenoxy) is 1. The van der Waals surface area contributed by atoms with Gasteiger partial charge in [-0.25, -0.2) is 4.39 Å². The molecule has 1 aliphatic rings. The van der Waals surface area contributed by atoms with Crippen molar-refractivity contribution in [3.8, 4) is 0 Å². The van der Waals surface area contributed by atoms with Crippen molar-refractivity contribution < 1.29 is 9.13 Å². The Balaban J connectivity index is 0.000000810. The molecule has 1 fully saturated rings. The highest BCUT2D eigenvalue weighted by molar-refractivity contribution is 5.85. The average Bonchev–Trinajstić information content (AvgIpc) is 2.13. The van der Waals surface area contributed by atoms with E-state index >= 15 is 0 Å². The van der Waals surface area contributed by atoms with Gasteiger partial charge in [0.25, 0.3) is 0 Å². The first-order valence-corrected chi connectivity index (χ1v) is 3.32. The van der Waals surface area contributed by atoms with Crippen molar-refractivity contribution in [2.75, 3.05) is 26.4 Å². The maximum absolute atomic E-state index is 11.9. The Morgan fingerprint density at radius 3 is 3.00 bits per heavy atom. The summed E-state index contributed by atoms with van der Waals surface area (Å²) in [6.07, 6.45) is 0.649. The minimum absolute atomic E-state index is 0. The third-order valence-electron chi connectivity index (χ3n) is 1.45. The molecule has 0 spiro atoms. The third-order valence-corrected chi connectivity index (χ3v) is 1.45. The quantitative estimate of drug-likeness (QED) is 0.626. The maximum Gasteiger partial charge on any atom is 0.116 e. The van der Waals surface area contributed by atoms with Crippen molar-refractivity contribution in [1.82, 2.24) is 5.32 Å². The fourth-order valence-corrected chi connectivity index (χ4v) is 0.891. The first kappa shape index (κ1) is 10.1. The summed E-state index contributed by atoms with van der Waals surface area (Å²) in [7, 11) is 0. The Hall–Kier alpha value is 0.140. The fourth-order valence-electron chi connectivity index (χ4n) is 0.891. The van der Waals surface area contributed by atoms with Crippen LogP contribution in [0.15, 0.2) is 0 Å². The van der Waals surface area contributed by atoms with Crippen LogP contribution in [0.3, 0.4) is 0 Å². The molecule has 1 atom stereocenters. The van der Waals surface area contributed by atoms with Crippen LogP contribution >= 0.6 is 12.4 Å². The van der Waals surface area contributed by atoms with Crippen molar-refractivity contribution in [3.05, 3.63) is 0 Å². The zero-order chi connectivity index (χ0) is 6.53. The molecule has 1 saturated heterocycles. The van der Waals surface area contributed by atoms with Crippen LogP contribution in [0.25, 0.3) is 0 Å². The van der Waals surface area contributed by atoms with Gasteiger partial charge < -0.3 is 10.1 Å². The minimum atomic E-state index is -0.346. The molecule has 62 valence electrons. The summed E-state index contributed by atoms with van der Waals surface area (Å²) in [5.74, 6) is 0. The predicted molar refractivity (Wildman–Crippen MR) is 40.4 cm³/mol. The second-order valence-corrected chi connectivity index (χ2v) is 2.19. The summed E-state index contributed by atoms with van der Waals surface area (Å²) in [6.45, 7) is 2.04. The number of halogens is 2. The lowest BCUT2D eigenvalue weighted by molar-refractivity contribution is 0.0464. The number of hydrogen-bond donors (Lipinski definition) is 1. The summed E-state index contributed by atoms with van der Waals surface area (Å²) in [4.78, 5) is 0. The van der Waals surface area contributed by atoms with Crippen LogP contribution in [0.2, 0.25) is 0 Å². The van der Waals surface area contributed by atoms with Crippen LogP contribution in [0.4, 0.5) is 4.39 Å². The van der Waals surface area contributed by atoms with Crippen molar-refractivity contribution in [3.63, 3.8) is 0 Å². The third kappa shape index (κ3) is 3.34. The molecule has 1 unspecified atom stereocenters. The summed E-state index contributed by atoms with van der Waals surface area (Å²) in [6, 6.07) is 0. The highest BCUT2D eigenvalue weighted by atomic mass is 35.5. The van der Waals surface area contributed by atoms with Crippen LogP contribution in [0, 0.1) is 0 Å². The molecule has 0 aliphatic carbocycles. The number of rotatable bonds is 1. The molecule has 10 heavy (non-hydrogen) atoms. The Kier molecular flexibility index (Phi) is 5.97. The van der Waals surface area contributed by atoms with Crippen molar-refractivity contribution in [2.45, 2.75) is 12.5 Å². The lowest BCUT2D eigenvalue weighted by atomic mass is 10.3. The fraction of sp³-hybridized carbons (Fsp3) is 1.00. The van der Waals surface area contributed by atoms with Crippen LogP contribution in [0.5, 0.6) is 0 Å². The standard InChI is InChI=1S/C6H12FNO.ClH/c7-5-6-1-2-8-3-4-9-6;/h6,8H,1-5H2;1H. The molecular formula is C6H13ClFNO. The SMILES string of the molecule is Cl.FCC1CCNCCO1. The summed E-state index contributed by atoms with van der Waals surface area (Å²) >= 11 is 0. The smallest absolute Gasteiger partial charge is 0.116 e. The summed E-state index contributed by atoms with van der Waals surface area (Å²) in [5, 5.41) is 3.12. The molecule has 0 saturated carbocycles. The second kappa shape index (κ2) is 5.89. The van der Waals surface area contributed by atoms with Crippen molar-refractivity contribution in [2.24, 2.45) is 0 Å². The van der Waals surface area contributed by atoms with Gasteiger partial charge in [-0.3, -0.25) is 0 Å². The van der Waals surface area contributed by atoms with E-state index in [-0.39, 0.29) is 25.2 Å². The zero-order valence-electron chi connectivity index (χ0n) is 5.81. The largest absolute Gasteiger partial charge is 0.374 e. The molecule has 0 aromatic rings. The normalized spacial score (nSPS) is 26.7. The molecule has 0 amide bonds. The van der Waals surface area contributed by atoms with Gasteiger partial charge in [0.2, 0.25) is 0 Å². The van der Waals surface area contributed by atoms with Gasteiger partial charge in [0.05, 0.1) is 12.7 Å². The molecule has 0 bridgehead atoms. The van der Waals surface area contributed by atoms with E-state index in [0.29, 0.717) is 6.61 Å². The van der Waals surface area contributed by atoms with E-state index < -0.39 is 0 Å². The lowest BCUT2D eigenvalue weighted by Crippen LogP contribution is -2.16. The van der Waals surface area contributed by atoms with Gasteiger partial charge in [0, 0.05) is 6.54 Å². The van der Waals surface area contributed by atoms with Gasteiger partial charge in [0.15, 0.2) is 0 Å².